The predicted molar refractivity (Wildman–Crippen MR) is 61.1 cm³/mol. The quantitative estimate of drug-likeness (QED) is 0.721. The highest BCUT2D eigenvalue weighted by molar-refractivity contribution is 4.88. The van der Waals surface area contributed by atoms with Crippen LogP contribution in [0.1, 0.15) is 47.5 Å². The Kier molecular flexibility index (Phi) is 4.00. The lowest BCUT2D eigenvalue weighted by molar-refractivity contribution is -0.0426. The maximum atomic E-state index is 10.2. The molecule has 4 atom stereocenters. The largest absolute Gasteiger partial charge is 0.393 e. The zero-order valence-corrected chi connectivity index (χ0v) is 10.3. The Balaban J connectivity index is 2.76. The van der Waals surface area contributed by atoms with Crippen molar-refractivity contribution in [3.05, 3.63) is 0 Å². The Bertz CT molecular complexity index is 174. The summed E-state index contributed by atoms with van der Waals surface area (Å²) in [6.07, 6.45) is 2.43. The van der Waals surface area contributed by atoms with Crippen molar-refractivity contribution in [2.75, 3.05) is 0 Å². The molecule has 0 aliphatic heterocycles. The van der Waals surface area contributed by atoms with Gasteiger partial charge in [0.2, 0.25) is 0 Å². The monoisotopic (exact) mass is 198 g/mol. The van der Waals surface area contributed by atoms with Crippen molar-refractivity contribution in [2.24, 2.45) is 29.6 Å². The van der Waals surface area contributed by atoms with Gasteiger partial charge in [-0.3, -0.25) is 0 Å². The third kappa shape index (κ3) is 2.31. The molecule has 1 heteroatoms. The molecule has 0 aromatic heterocycles. The van der Waals surface area contributed by atoms with Crippen LogP contribution in [0.5, 0.6) is 0 Å². The van der Waals surface area contributed by atoms with Crippen LogP contribution in [0, 0.1) is 29.6 Å². The van der Waals surface area contributed by atoms with Gasteiger partial charge in [-0.25, -0.2) is 0 Å². The van der Waals surface area contributed by atoms with Crippen molar-refractivity contribution >= 4 is 0 Å². The summed E-state index contributed by atoms with van der Waals surface area (Å²) in [4.78, 5) is 0. The van der Waals surface area contributed by atoms with Crippen LogP contribution in [0.2, 0.25) is 0 Å². The van der Waals surface area contributed by atoms with E-state index in [2.05, 4.69) is 34.6 Å². The number of hydrogen-bond acceptors (Lipinski definition) is 1. The standard InChI is InChI=1S/C13H26O/c1-8(2)11-7-6-10(5)13(14)12(11)9(3)4/h8-14H,6-7H2,1-5H3. The highest BCUT2D eigenvalue weighted by Gasteiger charge is 2.39. The number of rotatable bonds is 2. The van der Waals surface area contributed by atoms with Gasteiger partial charge in [0.1, 0.15) is 0 Å². The molecule has 0 spiro atoms. The third-order valence-corrected chi connectivity index (χ3v) is 4.05. The van der Waals surface area contributed by atoms with E-state index in [0.29, 0.717) is 23.7 Å². The molecule has 0 radical (unpaired) electrons. The molecule has 1 aliphatic rings. The van der Waals surface area contributed by atoms with Crippen molar-refractivity contribution < 1.29 is 5.11 Å². The molecule has 0 amide bonds. The molecule has 84 valence electrons. The Morgan fingerprint density at radius 3 is 2.00 bits per heavy atom. The SMILES string of the molecule is CC(C)C1CCC(C)C(O)C1C(C)C. The molecule has 1 nitrogen and oxygen atoms in total. The van der Waals surface area contributed by atoms with Crippen molar-refractivity contribution in [1.82, 2.24) is 0 Å². The average molecular weight is 198 g/mol. The van der Waals surface area contributed by atoms with Crippen LogP contribution >= 0.6 is 0 Å². The fraction of sp³-hybridized carbons (Fsp3) is 1.00. The van der Waals surface area contributed by atoms with Gasteiger partial charge in [0.05, 0.1) is 6.10 Å². The minimum absolute atomic E-state index is 0.0730. The molecule has 1 rings (SSSR count). The fourth-order valence-corrected chi connectivity index (χ4v) is 3.12. The van der Waals surface area contributed by atoms with E-state index in [-0.39, 0.29) is 6.10 Å². The minimum Gasteiger partial charge on any atom is -0.393 e. The molecule has 1 fully saturated rings. The van der Waals surface area contributed by atoms with Crippen molar-refractivity contribution in [2.45, 2.75) is 53.6 Å². The zero-order chi connectivity index (χ0) is 10.9. The summed E-state index contributed by atoms with van der Waals surface area (Å²) >= 11 is 0. The zero-order valence-electron chi connectivity index (χ0n) is 10.3. The van der Waals surface area contributed by atoms with Gasteiger partial charge in [-0.05, 0) is 42.4 Å². The molecule has 0 saturated heterocycles. The maximum Gasteiger partial charge on any atom is 0.0599 e. The number of aliphatic hydroxyl groups excluding tert-OH is 1. The van der Waals surface area contributed by atoms with Gasteiger partial charge >= 0.3 is 0 Å². The predicted octanol–water partition coefficient (Wildman–Crippen LogP) is 3.32. The van der Waals surface area contributed by atoms with Crippen LogP contribution in [0.25, 0.3) is 0 Å². The van der Waals surface area contributed by atoms with Gasteiger partial charge in [-0.1, -0.05) is 34.6 Å². The first-order chi connectivity index (χ1) is 6.45. The van der Waals surface area contributed by atoms with Gasteiger partial charge in [0.15, 0.2) is 0 Å². The first kappa shape index (κ1) is 12.0. The van der Waals surface area contributed by atoms with Gasteiger partial charge in [-0.2, -0.15) is 0 Å². The molecule has 1 N–H and O–H groups in total. The van der Waals surface area contributed by atoms with E-state index in [1.807, 2.05) is 0 Å². The topological polar surface area (TPSA) is 20.2 Å². The average Bonchev–Trinajstić information content (AvgIpc) is 2.08. The maximum absolute atomic E-state index is 10.2. The summed E-state index contributed by atoms with van der Waals surface area (Å²) in [7, 11) is 0. The van der Waals surface area contributed by atoms with Crippen LogP contribution in [0.3, 0.4) is 0 Å². The molecule has 1 aliphatic carbocycles. The Morgan fingerprint density at radius 2 is 1.57 bits per heavy atom. The van der Waals surface area contributed by atoms with E-state index < -0.39 is 0 Å². The van der Waals surface area contributed by atoms with E-state index in [1.165, 1.54) is 12.8 Å². The third-order valence-electron chi connectivity index (χ3n) is 4.05. The Hall–Kier alpha value is -0.0400. The Labute approximate surface area is 88.9 Å². The van der Waals surface area contributed by atoms with E-state index in [0.717, 1.165) is 5.92 Å². The van der Waals surface area contributed by atoms with Crippen LogP contribution in [0.15, 0.2) is 0 Å². The molecule has 0 aromatic rings. The van der Waals surface area contributed by atoms with Gasteiger partial charge in [0.25, 0.3) is 0 Å². The second-order valence-electron chi connectivity index (χ2n) is 5.77. The highest BCUT2D eigenvalue weighted by Crippen LogP contribution is 2.41. The summed E-state index contributed by atoms with van der Waals surface area (Å²) in [5, 5.41) is 10.2. The lowest BCUT2D eigenvalue weighted by atomic mass is 9.64. The van der Waals surface area contributed by atoms with E-state index in [1.54, 1.807) is 0 Å². The van der Waals surface area contributed by atoms with Gasteiger partial charge in [-0.15, -0.1) is 0 Å². The lowest BCUT2D eigenvalue weighted by Gasteiger charge is -2.43. The molecule has 4 unspecified atom stereocenters. The van der Waals surface area contributed by atoms with Crippen molar-refractivity contribution in [3.63, 3.8) is 0 Å². The summed E-state index contributed by atoms with van der Waals surface area (Å²) in [5.41, 5.74) is 0. The van der Waals surface area contributed by atoms with E-state index in [4.69, 9.17) is 0 Å². The van der Waals surface area contributed by atoms with Crippen LogP contribution in [0.4, 0.5) is 0 Å². The molecule has 14 heavy (non-hydrogen) atoms. The second kappa shape index (κ2) is 4.65. The van der Waals surface area contributed by atoms with Gasteiger partial charge < -0.3 is 5.11 Å². The van der Waals surface area contributed by atoms with Crippen molar-refractivity contribution in [1.29, 1.82) is 0 Å². The number of hydrogen-bond donors (Lipinski definition) is 1. The summed E-state index contributed by atoms with van der Waals surface area (Å²) in [6.45, 7) is 11.3. The van der Waals surface area contributed by atoms with Crippen molar-refractivity contribution in [3.8, 4) is 0 Å². The highest BCUT2D eigenvalue weighted by atomic mass is 16.3. The normalized spacial score (nSPS) is 39.4. The lowest BCUT2D eigenvalue weighted by Crippen LogP contribution is -2.42. The smallest absolute Gasteiger partial charge is 0.0599 e. The van der Waals surface area contributed by atoms with E-state index >= 15 is 0 Å². The summed E-state index contributed by atoms with van der Waals surface area (Å²) in [5.74, 6) is 3.06. The first-order valence-corrected chi connectivity index (χ1v) is 6.13. The van der Waals surface area contributed by atoms with Crippen LogP contribution in [-0.4, -0.2) is 11.2 Å². The molecular weight excluding hydrogens is 172 g/mol. The molecule has 0 heterocycles. The Morgan fingerprint density at radius 1 is 1.00 bits per heavy atom. The number of aliphatic hydroxyl groups is 1. The summed E-state index contributed by atoms with van der Waals surface area (Å²) in [6, 6.07) is 0. The molecule has 1 saturated carbocycles. The van der Waals surface area contributed by atoms with Gasteiger partial charge in [0, 0.05) is 0 Å². The molecule has 0 bridgehead atoms. The fourth-order valence-electron chi connectivity index (χ4n) is 3.12. The van der Waals surface area contributed by atoms with E-state index in [9.17, 15) is 5.11 Å². The molecular formula is C13H26O. The van der Waals surface area contributed by atoms with Crippen LogP contribution in [-0.2, 0) is 0 Å². The van der Waals surface area contributed by atoms with Crippen LogP contribution < -0.4 is 0 Å². The summed E-state index contributed by atoms with van der Waals surface area (Å²) < 4.78 is 0. The second-order valence-corrected chi connectivity index (χ2v) is 5.77. The molecule has 0 aromatic carbocycles. The minimum atomic E-state index is -0.0730. The first-order valence-electron chi connectivity index (χ1n) is 6.13.